The Morgan fingerprint density at radius 2 is 2.14 bits per heavy atom. The van der Waals surface area contributed by atoms with Gasteiger partial charge in [0.05, 0.1) is 30.3 Å². The third-order valence-corrected chi connectivity index (χ3v) is 4.00. The van der Waals surface area contributed by atoms with Crippen molar-refractivity contribution in [3.05, 3.63) is 42.1 Å². The zero-order valence-electron chi connectivity index (χ0n) is 11.9. The van der Waals surface area contributed by atoms with E-state index in [4.69, 9.17) is 4.74 Å². The Morgan fingerprint density at radius 1 is 1.33 bits per heavy atom. The minimum atomic E-state index is -0.796. The van der Waals surface area contributed by atoms with Crippen molar-refractivity contribution >= 4 is 16.9 Å². The molecule has 1 aromatic carbocycles. The summed E-state index contributed by atoms with van der Waals surface area (Å²) >= 11 is 0. The first kappa shape index (κ1) is 14.0. The number of hydrogen-bond donors (Lipinski definition) is 1. The monoisotopic (exact) mass is 286 g/mol. The second-order valence-corrected chi connectivity index (χ2v) is 5.46. The van der Waals surface area contributed by atoms with Gasteiger partial charge in [-0.15, -0.1) is 0 Å². The molecule has 110 valence electrons. The van der Waals surface area contributed by atoms with Crippen molar-refractivity contribution in [1.29, 1.82) is 0 Å². The maximum atomic E-state index is 11.2. The summed E-state index contributed by atoms with van der Waals surface area (Å²) in [5, 5.41) is 10.3. The topological polar surface area (TPSA) is 62.7 Å². The molecule has 0 aliphatic carbocycles. The molecule has 1 aliphatic heterocycles. The molecule has 2 heterocycles. The van der Waals surface area contributed by atoms with Crippen LogP contribution in [0.3, 0.4) is 0 Å². The van der Waals surface area contributed by atoms with E-state index >= 15 is 0 Å². The zero-order chi connectivity index (χ0) is 14.8. The number of aromatic nitrogens is 1. The summed E-state index contributed by atoms with van der Waals surface area (Å²) in [6.45, 7) is 1.36. The van der Waals surface area contributed by atoms with Crippen molar-refractivity contribution in [2.24, 2.45) is 5.92 Å². The van der Waals surface area contributed by atoms with Crippen molar-refractivity contribution in [2.45, 2.75) is 12.6 Å². The van der Waals surface area contributed by atoms with Gasteiger partial charge in [-0.2, -0.15) is 0 Å². The molecule has 3 rings (SSSR count). The highest BCUT2D eigenvalue weighted by Crippen LogP contribution is 2.21. The lowest BCUT2D eigenvalue weighted by Gasteiger charge is -2.25. The summed E-state index contributed by atoms with van der Waals surface area (Å²) in [6.07, 6.45) is 0. The van der Waals surface area contributed by atoms with Crippen LogP contribution in [-0.2, 0) is 16.1 Å². The lowest BCUT2D eigenvalue weighted by atomic mass is 10.0. The predicted octanol–water partition coefficient (Wildman–Crippen LogP) is 1.77. The maximum absolute atomic E-state index is 11.2. The van der Waals surface area contributed by atoms with Gasteiger partial charge in [-0.3, -0.25) is 14.7 Å². The van der Waals surface area contributed by atoms with Gasteiger partial charge in [-0.05, 0) is 19.2 Å². The average Bonchev–Trinajstić information content (AvgIpc) is 2.97. The van der Waals surface area contributed by atoms with Crippen LogP contribution in [0.2, 0.25) is 0 Å². The lowest BCUT2D eigenvalue weighted by Crippen LogP contribution is -2.40. The number of aliphatic carboxylic acids is 1. The molecule has 0 amide bonds. The molecule has 0 spiro atoms. The zero-order valence-corrected chi connectivity index (χ0v) is 11.9. The van der Waals surface area contributed by atoms with E-state index in [-0.39, 0.29) is 12.6 Å². The molecule has 0 radical (unpaired) electrons. The fourth-order valence-electron chi connectivity index (χ4n) is 2.78. The normalized spacial score (nSPS) is 22.0. The van der Waals surface area contributed by atoms with Crippen LogP contribution in [0.15, 0.2) is 36.4 Å². The molecule has 1 fully saturated rings. The molecular formula is C16H18N2O3. The van der Waals surface area contributed by atoms with Gasteiger partial charge in [0.2, 0.25) is 0 Å². The first-order chi connectivity index (χ1) is 10.1. The Bertz CT molecular complexity index is 659. The molecule has 0 saturated carbocycles. The van der Waals surface area contributed by atoms with Gasteiger partial charge in [0, 0.05) is 18.0 Å². The van der Waals surface area contributed by atoms with Crippen molar-refractivity contribution in [1.82, 2.24) is 9.88 Å². The van der Waals surface area contributed by atoms with E-state index in [1.54, 1.807) is 0 Å². The van der Waals surface area contributed by atoms with E-state index in [9.17, 15) is 9.90 Å². The summed E-state index contributed by atoms with van der Waals surface area (Å²) in [5.41, 5.74) is 1.90. The molecule has 21 heavy (non-hydrogen) atoms. The van der Waals surface area contributed by atoms with Gasteiger partial charge in [-0.25, -0.2) is 0 Å². The molecule has 1 saturated heterocycles. The second kappa shape index (κ2) is 5.79. The van der Waals surface area contributed by atoms with Crippen LogP contribution in [0.1, 0.15) is 5.69 Å². The minimum absolute atomic E-state index is 0.101. The average molecular weight is 286 g/mol. The van der Waals surface area contributed by atoms with Crippen LogP contribution in [0.4, 0.5) is 0 Å². The van der Waals surface area contributed by atoms with Crippen molar-refractivity contribution in [3.63, 3.8) is 0 Å². The van der Waals surface area contributed by atoms with Crippen molar-refractivity contribution in [3.8, 4) is 0 Å². The number of likely N-dealkylation sites (N-methyl/N-ethyl adjacent to an activating group) is 1. The van der Waals surface area contributed by atoms with Gasteiger partial charge < -0.3 is 9.84 Å². The SMILES string of the molecule is CN(Cc1ccc2ccccc2n1)C1COCC1C(=O)O. The number of ether oxygens (including phenoxy) is 1. The molecule has 2 atom stereocenters. The number of rotatable bonds is 4. The molecular weight excluding hydrogens is 268 g/mol. The Morgan fingerprint density at radius 3 is 2.95 bits per heavy atom. The van der Waals surface area contributed by atoms with E-state index < -0.39 is 11.9 Å². The highest BCUT2D eigenvalue weighted by molar-refractivity contribution is 5.78. The van der Waals surface area contributed by atoms with Gasteiger partial charge in [0.1, 0.15) is 0 Å². The summed E-state index contributed by atoms with van der Waals surface area (Å²) in [7, 11) is 1.92. The summed E-state index contributed by atoms with van der Waals surface area (Å²) in [4.78, 5) is 17.9. The number of carboxylic acid groups (broad SMARTS) is 1. The lowest BCUT2D eigenvalue weighted by molar-refractivity contribution is -0.143. The van der Waals surface area contributed by atoms with Crippen LogP contribution in [-0.4, -0.2) is 47.3 Å². The largest absolute Gasteiger partial charge is 0.481 e. The highest BCUT2D eigenvalue weighted by Gasteiger charge is 2.36. The van der Waals surface area contributed by atoms with Crippen LogP contribution in [0, 0.1) is 5.92 Å². The Kier molecular flexibility index (Phi) is 3.86. The molecule has 5 nitrogen and oxygen atoms in total. The van der Waals surface area contributed by atoms with E-state index in [1.807, 2.05) is 48.3 Å². The van der Waals surface area contributed by atoms with Crippen molar-refractivity contribution < 1.29 is 14.6 Å². The van der Waals surface area contributed by atoms with E-state index in [2.05, 4.69) is 4.98 Å². The number of carbonyl (C=O) groups is 1. The number of para-hydroxylation sites is 1. The molecule has 1 N–H and O–H groups in total. The van der Waals surface area contributed by atoms with E-state index in [0.717, 1.165) is 16.6 Å². The quantitative estimate of drug-likeness (QED) is 0.928. The van der Waals surface area contributed by atoms with E-state index in [1.165, 1.54) is 0 Å². The third-order valence-electron chi connectivity index (χ3n) is 4.00. The molecule has 2 unspecified atom stereocenters. The van der Waals surface area contributed by atoms with Gasteiger partial charge in [0.25, 0.3) is 0 Å². The van der Waals surface area contributed by atoms with Gasteiger partial charge in [-0.1, -0.05) is 24.3 Å². The van der Waals surface area contributed by atoms with Crippen LogP contribution in [0.25, 0.3) is 10.9 Å². The summed E-state index contributed by atoms with van der Waals surface area (Å²) in [6, 6.07) is 11.9. The summed E-state index contributed by atoms with van der Waals surface area (Å²) in [5.74, 6) is -1.26. The smallest absolute Gasteiger partial charge is 0.310 e. The third kappa shape index (κ3) is 2.89. The molecule has 5 heteroatoms. The van der Waals surface area contributed by atoms with Crippen LogP contribution >= 0.6 is 0 Å². The molecule has 2 aromatic rings. The highest BCUT2D eigenvalue weighted by atomic mass is 16.5. The standard InChI is InChI=1S/C16H18N2O3/c1-18(15-10-21-9-13(15)16(19)20)8-12-7-6-11-4-2-3-5-14(11)17-12/h2-7,13,15H,8-10H2,1H3,(H,19,20). The number of benzene rings is 1. The number of carboxylic acids is 1. The van der Waals surface area contributed by atoms with Crippen molar-refractivity contribution in [2.75, 3.05) is 20.3 Å². The fraction of sp³-hybridized carbons (Fsp3) is 0.375. The number of hydrogen-bond acceptors (Lipinski definition) is 4. The Labute approximate surface area is 123 Å². The minimum Gasteiger partial charge on any atom is -0.481 e. The predicted molar refractivity (Wildman–Crippen MR) is 78.9 cm³/mol. The second-order valence-electron chi connectivity index (χ2n) is 5.46. The Balaban J connectivity index is 1.76. The first-order valence-corrected chi connectivity index (χ1v) is 7.00. The van der Waals surface area contributed by atoms with Gasteiger partial charge >= 0.3 is 5.97 Å². The molecule has 1 aliphatic rings. The molecule has 0 bridgehead atoms. The van der Waals surface area contributed by atoms with Crippen LogP contribution < -0.4 is 0 Å². The summed E-state index contributed by atoms with van der Waals surface area (Å²) < 4.78 is 5.32. The van der Waals surface area contributed by atoms with Gasteiger partial charge in [0.15, 0.2) is 0 Å². The maximum Gasteiger partial charge on any atom is 0.310 e. The Hall–Kier alpha value is -1.98. The number of fused-ring (bicyclic) bond motifs is 1. The van der Waals surface area contributed by atoms with Crippen LogP contribution in [0.5, 0.6) is 0 Å². The number of pyridine rings is 1. The molecule has 1 aromatic heterocycles. The number of nitrogens with zero attached hydrogens (tertiary/aromatic N) is 2. The fourth-order valence-corrected chi connectivity index (χ4v) is 2.78. The van der Waals surface area contributed by atoms with E-state index in [0.29, 0.717) is 13.2 Å². The first-order valence-electron chi connectivity index (χ1n) is 7.00.